The second kappa shape index (κ2) is 13.8. The summed E-state index contributed by atoms with van der Waals surface area (Å²) in [6.07, 6.45) is 3.01. The van der Waals surface area contributed by atoms with Crippen LogP contribution in [0, 0.1) is 0 Å². The smallest absolute Gasteiger partial charge is 0.0538 e. The highest BCUT2D eigenvalue weighted by Crippen LogP contribution is 2.45. The van der Waals surface area contributed by atoms with Crippen LogP contribution in [0.5, 0.6) is 0 Å². The quantitative estimate of drug-likeness (QED) is 0.152. The molecule has 268 valence electrons. The fourth-order valence-corrected chi connectivity index (χ4v) is 9.08. The van der Waals surface area contributed by atoms with Gasteiger partial charge in [-0.2, -0.15) is 0 Å². The van der Waals surface area contributed by atoms with Crippen LogP contribution in [0.25, 0.3) is 93.8 Å². The predicted molar refractivity (Wildman–Crippen MR) is 242 cm³/mol. The van der Waals surface area contributed by atoms with E-state index in [0.29, 0.717) is 0 Å². The minimum Gasteiger partial charge on any atom is -0.313 e. The molecule has 2 heteroatoms. The molecule has 9 aromatic carbocycles. The molecule has 0 fully saturated rings. The number of benzene rings is 9. The number of nitrogens with zero attached hydrogens (tertiary/aromatic N) is 2. The van der Waals surface area contributed by atoms with Gasteiger partial charge in [-0.15, -0.1) is 0 Å². The number of hydrogen-bond acceptors (Lipinski definition) is 1. The van der Waals surface area contributed by atoms with Gasteiger partial charge in [-0.25, -0.2) is 0 Å². The third-order valence-electron chi connectivity index (χ3n) is 11.7. The molecule has 0 saturated heterocycles. The van der Waals surface area contributed by atoms with Crippen molar-refractivity contribution in [3.8, 4) is 61.3 Å². The first kappa shape index (κ1) is 33.1. The van der Waals surface area contributed by atoms with Gasteiger partial charge in [0.15, 0.2) is 0 Å². The van der Waals surface area contributed by atoms with E-state index in [9.17, 15) is 0 Å². The Balaban J connectivity index is 1.02. The van der Waals surface area contributed by atoms with Crippen LogP contribution in [0.1, 0.15) is 11.3 Å². The van der Waals surface area contributed by atoms with Crippen molar-refractivity contribution in [2.75, 3.05) is 6.54 Å². The molecular weight excluding hydrogens is 689 g/mol. The molecule has 0 unspecified atom stereocenters. The molecule has 1 aliphatic heterocycles. The standard InChI is InChI=1S/C55H38N2/c1-4-14-37(15-5-1)54-46-24-10-11-25-47(46)55(38-16-6-2-7-17-38)50-35-43(26-28-48(50)54)41-20-12-18-39(32-41)40-19-13-21-42(33-40)44-27-29-52-49(34-44)51-36-56-31-30-53(51)57(52)45-22-8-3-9-23-45/h1-29,32-36H,30-31H2. The molecule has 1 aromatic heterocycles. The van der Waals surface area contributed by atoms with Crippen molar-refractivity contribution in [2.24, 2.45) is 4.99 Å². The zero-order chi connectivity index (χ0) is 37.7. The van der Waals surface area contributed by atoms with E-state index in [0.717, 1.165) is 13.0 Å². The minimum atomic E-state index is 0.823. The number of fused-ring (bicyclic) bond motifs is 5. The van der Waals surface area contributed by atoms with Crippen LogP contribution in [-0.4, -0.2) is 17.3 Å². The van der Waals surface area contributed by atoms with Gasteiger partial charge >= 0.3 is 0 Å². The van der Waals surface area contributed by atoms with E-state index < -0.39 is 0 Å². The molecule has 11 rings (SSSR count). The first-order valence-electron chi connectivity index (χ1n) is 19.8. The highest BCUT2D eigenvalue weighted by Gasteiger charge is 2.21. The van der Waals surface area contributed by atoms with Crippen LogP contribution in [0.15, 0.2) is 205 Å². The Morgan fingerprint density at radius 3 is 1.40 bits per heavy atom. The Kier molecular flexibility index (Phi) is 8.00. The molecule has 0 amide bonds. The van der Waals surface area contributed by atoms with Crippen LogP contribution in [-0.2, 0) is 6.42 Å². The molecule has 57 heavy (non-hydrogen) atoms. The number of para-hydroxylation sites is 1. The van der Waals surface area contributed by atoms with E-state index in [1.54, 1.807) is 0 Å². The molecule has 0 spiro atoms. The molecular formula is C55H38N2. The maximum absolute atomic E-state index is 4.69. The van der Waals surface area contributed by atoms with Gasteiger partial charge in [0.2, 0.25) is 0 Å². The second-order valence-electron chi connectivity index (χ2n) is 15.0. The van der Waals surface area contributed by atoms with Gasteiger partial charge in [0, 0.05) is 41.5 Å². The summed E-state index contributed by atoms with van der Waals surface area (Å²) >= 11 is 0. The Labute approximate surface area is 332 Å². The van der Waals surface area contributed by atoms with Crippen LogP contribution >= 0.6 is 0 Å². The van der Waals surface area contributed by atoms with Crippen molar-refractivity contribution in [1.82, 2.24) is 4.57 Å². The van der Waals surface area contributed by atoms with Crippen LogP contribution in [0.2, 0.25) is 0 Å². The summed E-state index contributed by atoms with van der Waals surface area (Å²) in [4.78, 5) is 4.69. The van der Waals surface area contributed by atoms with Crippen LogP contribution < -0.4 is 0 Å². The van der Waals surface area contributed by atoms with Crippen molar-refractivity contribution in [2.45, 2.75) is 6.42 Å². The third-order valence-corrected chi connectivity index (χ3v) is 11.7. The largest absolute Gasteiger partial charge is 0.313 e. The monoisotopic (exact) mass is 726 g/mol. The van der Waals surface area contributed by atoms with Crippen molar-refractivity contribution < 1.29 is 0 Å². The van der Waals surface area contributed by atoms with Crippen LogP contribution in [0.3, 0.4) is 0 Å². The molecule has 10 aromatic rings. The van der Waals surface area contributed by atoms with E-state index >= 15 is 0 Å². The molecule has 2 nitrogen and oxygen atoms in total. The molecule has 2 heterocycles. The van der Waals surface area contributed by atoms with E-state index in [4.69, 9.17) is 4.99 Å². The number of aromatic nitrogens is 1. The molecule has 1 aliphatic rings. The average Bonchev–Trinajstić information content (AvgIpc) is 3.62. The summed E-state index contributed by atoms with van der Waals surface area (Å²) in [5, 5.41) is 6.30. The highest BCUT2D eigenvalue weighted by molar-refractivity contribution is 6.22. The molecule has 0 radical (unpaired) electrons. The summed E-state index contributed by atoms with van der Waals surface area (Å²) in [5.74, 6) is 0. The van der Waals surface area contributed by atoms with Gasteiger partial charge in [0.1, 0.15) is 0 Å². The maximum Gasteiger partial charge on any atom is 0.0538 e. The van der Waals surface area contributed by atoms with Crippen molar-refractivity contribution >= 4 is 38.7 Å². The Bertz CT molecular complexity index is 3150. The third kappa shape index (κ3) is 5.69. The first-order valence-corrected chi connectivity index (χ1v) is 19.8. The second-order valence-corrected chi connectivity index (χ2v) is 15.0. The number of aliphatic imine (C=N–C) groups is 1. The predicted octanol–water partition coefficient (Wildman–Crippen LogP) is 14.2. The fraction of sp³-hybridized carbons (Fsp3) is 0.0364. The summed E-state index contributed by atoms with van der Waals surface area (Å²) in [6.45, 7) is 0.823. The van der Waals surface area contributed by atoms with Crippen LogP contribution in [0.4, 0.5) is 0 Å². The zero-order valence-electron chi connectivity index (χ0n) is 31.4. The summed E-state index contributed by atoms with van der Waals surface area (Å²) in [5.41, 5.74) is 17.2. The lowest BCUT2D eigenvalue weighted by molar-refractivity contribution is 0.875. The number of hydrogen-bond donors (Lipinski definition) is 0. The minimum absolute atomic E-state index is 0.823. The zero-order valence-corrected chi connectivity index (χ0v) is 31.4. The van der Waals surface area contributed by atoms with Gasteiger partial charge in [-0.1, -0.05) is 158 Å². The normalized spacial score (nSPS) is 12.4. The average molecular weight is 727 g/mol. The van der Waals surface area contributed by atoms with Crippen molar-refractivity contribution in [3.63, 3.8) is 0 Å². The van der Waals surface area contributed by atoms with Gasteiger partial charge < -0.3 is 4.57 Å². The maximum atomic E-state index is 4.69. The van der Waals surface area contributed by atoms with Gasteiger partial charge in [0.25, 0.3) is 0 Å². The Hall–Kier alpha value is -7.29. The fourth-order valence-electron chi connectivity index (χ4n) is 9.08. The molecule has 0 saturated carbocycles. The van der Waals surface area contributed by atoms with Crippen molar-refractivity contribution in [3.05, 3.63) is 211 Å². The summed E-state index contributed by atoms with van der Waals surface area (Å²) in [6, 6.07) is 73.2. The lowest BCUT2D eigenvalue weighted by atomic mass is 9.85. The van der Waals surface area contributed by atoms with Gasteiger partial charge in [-0.3, -0.25) is 4.99 Å². The Morgan fingerprint density at radius 1 is 0.351 bits per heavy atom. The molecule has 0 N–H and O–H groups in total. The van der Waals surface area contributed by atoms with E-state index in [1.807, 2.05) is 0 Å². The highest BCUT2D eigenvalue weighted by atomic mass is 15.0. The molecule has 0 aliphatic carbocycles. The topological polar surface area (TPSA) is 17.3 Å². The van der Waals surface area contributed by atoms with E-state index in [1.165, 1.54) is 105 Å². The van der Waals surface area contributed by atoms with Gasteiger partial charge in [0.05, 0.1) is 5.52 Å². The first-order chi connectivity index (χ1) is 28.3. The SMILES string of the molecule is C1=NCCc2c1c1cc(-c3cccc(-c4cccc(-c5ccc6c(-c7ccccc7)c7ccccc7c(-c7ccccc7)c6c5)c4)c3)ccc1n2-c1ccccc1. The van der Waals surface area contributed by atoms with E-state index in [2.05, 4.69) is 211 Å². The summed E-state index contributed by atoms with van der Waals surface area (Å²) < 4.78 is 2.42. The van der Waals surface area contributed by atoms with Gasteiger partial charge in [-0.05, 0) is 120 Å². The number of rotatable bonds is 6. The lowest BCUT2D eigenvalue weighted by Crippen LogP contribution is -2.07. The lowest BCUT2D eigenvalue weighted by Gasteiger charge is -2.19. The molecule has 0 bridgehead atoms. The van der Waals surface area contributed by atoms with Crippen molar-refractivity contribution in [1.29, 1.82) is 0 Å². The Morgan fingerprint density at radius 2 is 0.807 bits per heavy atom. The molecule has 0 atom stereocenters. The van der Waals surface area contributed by atoms with E-state index in [-0.39, 0.29) is 0 Å². The summed E-state index contributed by atoms with van der Waals surface area (Å²) in [7, 11) is 0.